The van der Waals surface area contributed by atoms with Gasteiger partial charge >= 0.3 is 0 Å². The number of nitrogens with zero attached hydrogens (tertiary/aromatic N) is 3. The van der Waals surface area contributed by atoms with Crippen LogP contribution >= 0.6 is 0 Å². The lowest BCUT2D eigenvalue weighted by molar-refractivity contribution is -0.136. The standard InChI is InChI=1S/C19H25N3O2/c1-21(2)18(23)12-19(24)8-4-10-22(14-19)13-15-6-7-17-16(11-15)5-3-9-20-17/h3,5-7,9,11,24H,4,8,10,12-14H2,1-2H3. The Morgan fingerprint density at radius 1 is 1.38 bits per heavy atom. The minimum absolute atomic E-state index is 0.0175. The van der Waals surface area contributed by atoms with Crippen molar-refractivity contribution in [1.82, 2.24) is 14.8 Å². The Kier molecular flexibility index (Phi) is 4.83. The molecule has 0 bridgehead atoms. The third-order valence-corrected chi connectivity index (χ3v) is 4.69. The normalized spacial score (nSPS) is 21.8. The number of carbonyl (C=O) groups excluding carboxylic acids is 1. The average molecular weight is 327 g/mol. The number of pyridine rings is 1. The number of likely N-dealkylation sites (tertiary alicyclic amines) is 1. The Morgan fingerprint density at radius 2 is 2.21 bits per heavy atom. The van der Waals surface area contributed by atoms with Crippen LogP contribution in [-0.2, 0) is 11.3 Å². The van der Waals surface area contributed by atoms with Gasteiger partial charge in [-0.15, -0.1) is 0 Å². The summed E-state index contributed by atoms with van der Waals surface area (Å²) in [5.41, 5.74) is 1.28. The smallest absolute Gasteiger partial charge is 0.224 e. The molecule has 0 spiro atoms. The summed E-state index contributed by atoms with van der Waals surface area (Å²) >= 11 is 0. The Morgan fingerprint density at radius 3 is 3.00 bits per heavy atom. The summed E-state index contributed by atoms with van der Waals surface area (Å²) in [6.07, 6.45) is 3.59. The minimum Gasteiger partial charge on any atom is -0.388 e. The summed E-state index contributed by atoms with van der Waals surface area (Å²) in [6, 6.07) is 10.3. The number of amides is 1. The average Bonchev–Trinajstić information content (AvgIpc) is 2.54. The van der Waals surface area contributed by atoms with Gasteiger partial charge in [0, 0.05) is 38.8 Å². The van der Waals surface area contributed by atoms with Crippen LogP contribution in [0.2, 0.25) is 0 Å². The van der Waals surface area contributed by atoms with Gasteiger partial charge in [0.05, 0.1) is 17.5 Å². The van der Waals surface area contributed by atoms with Gasteiger partial charge in [0.2, 0.25) is 5.91 Å². The van der Waals surface area contributed by atoms with Crippen LogP contribution in [0.5, 0.6) is 0 Å². The second-order valence-electron chi connectivity index (χ2n) is 7.03. The van der Waals surface area contributed by atoms with Crippen LogP contribution in [0.25, 0.3) is 10.9 Å². The molecule has 0 aliphatic carbocycles. The van der Waals surface area contributed by atoms with Gasteiger partial charge in [0.25, 0.3) is 0 Å². The Labute approximate surface area is 142 Å². The predicted octanol–water partition coefficient (Wildman–Crippen LogP) is 2.04. The molecule has 1 atom stereocenters. The van der Waals surface area contributed by atoms with Crippen molar-refractivity contribution in [2.24, 2.45) is 0 Å². The molecule has 1 fully saturated rings. The van der Waals surface area contributed by atoms with Crippen molar-refractivity contribution in [3.05, 3.63) is 42.1 Å². The zero-order valence-corrected chi connectivity index (χ0v) is 14.4. The highest BCUT2D eigenvalue weighted by Gasteiger charge is 2.35. The highest BCUT2D eigenvalue weighted by molar-refractivity contribution is 5.79. The number of hydrogen-bond acceptors (Lipinski definition) is 4. The molecule has 1 aromatic heterocycles. The van der Waals surface area contributed by atoms with Crippen LogP contribution < -0.4 is 0 Å². The van der Waals surface area contributed by atoms with Crippen molar-refractivity contribution in [1.29, 1.82) is 0 Å². The van der Waals surface area contributed by atoms with Gasteiger partial charge in [0.15, 0.2) is 0 Å². The van der Waals surface area contributed by atoms with Crippen LogP contribution in [-0.4, -0.2) is 58.6 Å². The van der Waals surface area contributed by atoms with Crippen molar-refractivity contribution in [2.75, 3.05) is 27.2 Å². The number of fused-ring (bicyclic) bond motifs is 1. The zero-order chi connectivity index (χ0) is 17.2. The summed E-state index contributed by atoms with van der Waals surface area (Å²) in [5, 5.41) is 11.9. The van der Waals surface area contributed by atoms with Gasteiger partial charge in [-0.25, -0.2) is 0 Å². The molecule has 3 rings (SSSR count). The second-order valence-corrected chi connectivity index (χ2v) is 7.03. The van der Waals surface area contributed by atoms with Crippen molar-refractivity contribution in [3.8, 4) is 0 Å². The van der Waals surface area contributed by atoms with E-state index >= 15 is 0 Å². The van der Waals surface area contributed by atoms with Gasteiger partial charge in [0.1, 0.15) is 0 Å². The van der Waals surface area contributed by atoms with E-state index in [0.717, 1.165) is 30.4 Å². The van der Waals surface area contributed by atoms with Gasteiger partial charge < -0.3 is 10.0 Å². The first-order valence-electron chi connectivity index (χ1n) is 8.44. The van der Waals surface area contributed by atoms with E-state index in [0.29, 0.717) is 13.0 Å². The van der Waals surface area contributed by atoms with Crippen molar-refractivity contribution in [2.45, 2.75) is 31.4 Å². The lowest BCUT2D eigenvalue weighted by Gasteiger charge is -2.39. The molecule has 1 unspecified atom stereocenters. The Hall–Kier alpha value is -1.98. The monoisotopic (exact) mass is 327 g/mol. The lowest BCUT2D eigenvalue weighted by Crippen LogP contribution is -2.50. The van der Waals surface area contributed by atoms with E-state index < -0.39 is 5.60 Å². The van der Waals surface area contributed by atoms with E-state index in [1.54, 1.807) is 25.2 Å². The maximum Gasteiger partial charge on any atom is 0.224 e. The SMILES string of the molecule is CN(C)C(=O)CC1(O)CCCN(Cc2ccc3ncccc3c2)C1. The molecule has 1 saturated heterocycles. The van der Waals surface area contributed by atoms with E-state index in [1.807, 2.05) is 12.1 Å². The van der Waals surface area contributed by atoms with E-state index in [9.17, 15) is 9.90 Å². The quantitative estimate of drug-likeness (QED) is 0.934. The third kappa shape index (κ3) is 3.91. The number of β-amino-alcohol motifs (C(OH)–C–C–N with tert-alkyl or cyclic N) is 1. The maximum atomic E-state index is 12.0. The van der Waals surface area contributed by atoms with Crippen LogP contribution in [0.4, 0.5) is 0 Å². The van der Waals surface area contributed by atoms with Gasteiger partial charge in [-0.3, -0.25) is 14.7 Å². The number of carbonyl (C=O) groups is 1. The van der Waals surface area contributed by atoms with E-state index in [1.165, 1.54) is 5.56 Å². The van der Waals surface area contributed by atoms with E-state index in [2.05, 4.69) is 28.1 Å². The van der Waals surface area contributed by atoms with Crippen LogP contribution in [0, 0.1) is 0 Å². The third-order valence-electron chi connectivity index (χ3n) is 4.69. The summed E-state index contributed by atoms with van der Waals surface area (Å²) in [4.78, 5) is 20.1. The van der Waals surface area contributed by atoms with Gasteiger partial charge in [-0.1, -0.05) is 12.1 Å². The fraction of sp³-hybridized carbons (Fsp3) is 0.474. The van der Waals surface area contributed by atoms with Crippen molar-refractivity contribution < 1.29 is 9.90 Å². The van der Waals surface area contributed by atoms with Crippen LogP contribution in [0.3, 0.4) is 0 Å². The first-order valence-corrected chi connectivity index (χ1v) is 8.44. The summed E-state index contributed by atoms with van der Waals surface area (Å²) in [6.45, 7) is 2.27. The molecule has 1 aliphatic rings. The second kappa shape index (κ2) is 6.87. The van der Waals surface area contributed by atoms with Gasteiger partial charge in [-0.2, -0.15) is 0 Å². The fourth-order valence-corrected chi connectivity index (χ4v) is 3.41. The molecular formula is C19H25N3O2. The number of hydrogen-bond donors (Lipinski definition) is 1. The van der Waals surface area contributed by atoms with Crippen LogP contribution in [0.1, 0.15) is 24.8 Å². The van der Waals surface area contributed by atoms with Crippen molar-refractivity contribution >= 4 is 16.8 Å². The number of aliphatic hydroxyl groups is 1. The van der Waals surface area contributed by atoms with E-state index in [4.69, 9.17) is 0 Å². The fourth-order valence-electron chi connectivity index (χ4n) is 3.41. The summed E-state index contributed by atoms with van der Waals surface area (Å²) < 4.78 is 0. The molecule has 2 heterocycles. The Balaban J connectivity index is 1.69. The largest absolute Gasteiger partial charge is 0.388 e. The topological polar surface area (TPSA) is 56.7 Å². The minimum atomic E-state index is -0.919. The van der Waals surface area contributed by atoms with Crippen LogP contribution in [0.15, 0.2) is 36.5 Å². The number of benzene rings is 1. The molecule has 1 N–H and O–H groups in total. The zero-order valence-electron chi connectivity index (χ0n) is 14.4. The summed E-state index contributed by atoms with van der Waals surface area (Å²) in [7, 11) is 3.46. The molecule has 0 radical (unpaired) electrons. The highest BCUT2D eigenvalue weighted by Crippen LogP contribution is 2.26. The molecular weight excluding hydrogens is 302 g/mol. The lowest BCUT2D eigenvalue weighted by atomic mass is 9.89. The Bertz CT molecular complexity index is 731. The molecule has 2 aromatic rings. The van der Waals surface area contributed by atoms with Gasteiger partial charge in [-0.05, 0) is 43.1 Å². The first kappa shape index (κ1) is 16.9. The molecule has 5 nitrogen and oxygen atoms in total. The molecule has 128 valence electrons. The van der Waals surface area contributed by atoms with Crippen molar-refractivity contribution in [3.63, 3.8) is 0 Å². The highest BCUT2D eigenvalue weighted by atomic mass is 16.3. The number of piperidine rings is 1. The molecule has 5 heteroatoms. The summed E-state index contributed by atoms with van der Waals surface area (Å²) in [5.74, 6) is -0.0175. The molecule has 1 amide bonds. The molecule has 1 aromatic carbocycles. The van der Waals surface area contributed by atoms with E-state index in [-0.39, 0.29) is 12.3 Å². The molecule has 24 heavy (non-hydrogen) atoms. The number of aromatic nitrogens is 1. The first-order chi connectivity index (χ1) is 11.5. The predicted molar refractivity (Wildman–Crippen MR) is 94.5 cm³/mol. The number of rotatable bonds is 4. The molecule has 1 aliphatic heterocycles. The molecule has 0 saturated carbocycles. The maximum absolute atomic E-state index is 12.0.